The van der Waals surface area contributed by atoms with Gasteiger partial charge in [-0.05, 0) is 45.1 Å². The Morgan fingerprint density at radius 2 is 1.94 bits per heavy atom. The lowest BCUT2D eigenvalue weighted by Gasteiger charge is -2.28. The van der Waals surface area contributed by atoms with Crippen LogP contribution in [0.3, 0.4) is 0 Å². The Hall–Kier alpha value is -0.860. The molecule has 3 heteroatoms. The number of rotatable bonds is 2. The van der Waals surface area contributed by atoms with Gasteiger partial charge in [0.2, 0.25) is 0 Å². The Kier molecular flexibility index (Phi) is 3.62. The Morgan fingerprint density at radius 1 is 1.31 bits per heavy atom. The molecule has 0 radical (unpaired) electrons. The molecule has 0 aromatic heterocycles. The quantitative estimate of drug-likeness (QED) is 0.738. The van der Waals surface area contributed by atoms with Crippen LogP contribution in [0.1, 0.15) is 23.2 Å². The van der Waals surface area contributed by atoms with Gasteiger partial charge in [-0.3, -0.25) is 4.79 Å². The third-order valence-corrected chi connectivity index (χ3v) is 3.56. The maximum Gasteiger partial charge on any atom is 0.167 e. The van der Waals surface area contributed by atoms with Crippen LogP contribution < -0.4 is 0 Å². The van der Waals surface area contributed by atoms with Crippen molar-refractivity contribution in [1.82, 2.24) is 4.90 Å². The van der Waals surface area contributed by atoms with Gasteiger partial charge in [-0.2, -0.15) is 0 Å². The first-order chi connectivity index (χ1) is 7.68. The van der Waals surface area contributed by atoms with Gasteiger partial charge >= 0.3 is 0 Å². The van der Waals surface area contributed by atoms with E-state index in [1.807, 2.05) is 18.2 Å². The molecule has 1 aliphatic rings. The summed E-state index contributed by atoms with van der Waals surface area (Å²) in [5.41, 5.74) is 0.679. The molecule has 0 unspecified atom stereocenters. The summed E-state index contributed by atoms with van der Waals surface area (Å²) in [5.74, 6) is 0.356. The maximum absolute atomic E-state index is 12.2. The molecule has 0 saturated carbocycles. The van der Waals surface area contributed by atoms with Crippen molar-refractivity contribution in [1.29, 1.82) is 0 Å². The summed E-state index contributed by atoms with van der Waals surface area (Å²) >= 11 is 6.04. The number of carbonyl (C=O) groups excluding carboxylic acids is 1. The first kappa shape index (κ1) is 11.6. The first-order valence-corrected chi connectivity index (χ1v) is 6.03. The van der Waals surface area contributed by atoms with Crippen molar-refractivity contribution in [2.75, 3.05) is 20.1 Å². The van der Waals surface area contributed by atoms with Gasteiger partial charge < -0.3 is 4.90 Å². The standard InChI is InChI=1S/C13H16ClNO/c1-15-8-6-10(7-9-15)13(16)11-4-2-3-5-12(11)14/h2-5,10H,6-9H2,1H3. The van der Waals surface area contributed by atoms with E-state index in [1.165, 1.54) is 0 Å². The van der Waals surface area contributed by atoms with E-state index >= 15 is 0 Å². The van der Waals surface area contributed by atoms with Gasteiger partial charge in [-0.1, -0.05) is 23.7 Å². The predicted octanol–water partition coefficient (Wildman–Crippen LogP) is 2.86. The number of likely N-dealkylation sites (tertiary alicyclic amines) is 1. The Balaban J connectivity index is 2.11. The third kappa shape index (κ3) is 2.45. The minimum Gasteiger partial charge on any atom is -0.306 e. The molecule has 0 amide bonds. The van der Waals surface area contributed by atoms with E-state index in [4.69, 9.17) is 11.6 Å². The molecule has 1 heterocycles. The lowest BCUT2D eigenvalue weighted by atomic mass is 9.89. The summed E-state index contributed by atoms with van der Waals surface area (Å²) in [6.45, 7) is 2.00. The summed E-state index contributed by atoms with van der Waals surface area (Å²) in [7, 11) is 2.09. The molecule has 16 heavy (non-hydrogen) atoms. The van der Waals surface area contributed by atoms with Crippen LogP contribution in [0.25, 0.3) is 0 Å². The Morgan fingerprint density at radius 3 is 2.56 bits per heavy atom. The van der Waals surface area contributed by atoms with Crippen LogP contribution in [0.4, 0.5) is 0 Å². The molecular formula is C13H16ClNO. The maximum atomic E-state index is 12.2. The number of ketones is 1. The second-order valence-corrected chi connectivity index (χ2v) is 4.83. The number of piperidine rings is 1. The van der Waals surface area contributed by atoms with E-state index in [9.17, 15) is 4.79 Å². The summed E-state index contributed by atoms with van der Waals surface area (Å²) < 4.78 is 0. The average molecular weight is 238 g/mol. The van der Waals surface area contributed by atoms with Crippen LogP contribution in [0.15, 0.2) is 24.3 Å². The minimum absolute atomic E-state index is 0.149. The molecule has 86 valence electrons. The highest BCUT2D eigenvalue weighted by atomic mass is 35.5. The molecule has 1 fully saturated rings. The van der Waals surface area contributed by atoms with Crippen molar-refractivity contribution in [3.8, 4) is 0 Å². The predicted molar refractivity (Wildman–Crippen MR) is 66.0 cm³/mol. The Bertz CT molecular complexity index is 383. The molecule has 1 saturated heterocycles. The minimum atomic E-state index is 0.149. The van der Waals surface area contributed by atoms with E-state index in [0.29, 0.717) is 10.6 Å². The summed E-state index contributed by atoms with van der Waals surface area (Å²) in [4.78, 5) is 14.5. The van der Waals surface area contributed by atoms with Gasteiger partial charge in [0.1, 0.15) is 0 Å². The number of benzene rings is 1. The first-order valence-electron chi connectivity index (χ1n) is 5.66. The van der Waals surface area contributed by atoms with Crippen LogP contribution in [0.5, 0.6) is 0 Å². The van der Waals surface area contributed by atoms with E-state index in [-0.39, 0.29) is 11.7 Å². The van der Waals surface area contributed by atoms with Gasteiger partial charge in [-0.15, -0.1) is 0 Å². The fraction of sp³-hybridized carbons (Fsp3) is 0.462. The summed E-state index contributed by atoms with van der Waals surface area (Å²) in [6.07, 6.45) is 1.89. The van der Waals surface area contributed by atoms with Crippen molar-refractivity contribution in [2.24, 2.45) is 5.92 Å². The zero-order valence-corrected chi connectivity index (χ0v) is 10.2. The van der Waals surface area contributed by atoms with E-state index in [2.05, 4.69) is 11.9 Å². The highest BCUT2D eigenvalue weighted by molar-refractivity contribution is 6.34. The van der Waals surface area contributed by atoms with Gasteiger partial charge in [0.15, 0.2) is 5.78 Å². The normalized spacial score (nSPS) is 18.6. The fourth-order valence-corrected chi connectivity index (χ4v) is 2.38. The number of carbonyl (C=O) groups is 1. The van der Waals surface area contributed by atoms with Gasteiger partial charge in [0.25, 0.3) is 0 Å². The smallest absolute Gasteiger partial charge is 0.167 e. The van der Waals surface area contributed by atoms with E-state index < -0.39 is 0 Å². The zero-order chi connectivity index (χ0) is 11.5. The van der Waals surface area contributed by atoms with Gasteiger partial charge in [0.05, 0.1) is 5.02 Å². The lowest BCUT2D eigenvalue weighted by Crippen LogP contribution is -2.33. The highest BCUT2D eigenvalue weighted by Gasteiger charge is 2.25. The van der Waals surface area contributed by atoms with Gasteiger partial charge in [0, 0.05) is 11.5 Å². The third-order valence-electron chi connectivity index (χ3n) is 3.23. The number of halogens is 1. The van der Waals surface area contributed by atoms with Crippen molar-refractivity contribution in [3.63, 3.8) is 0 Å². The molecule has 0 aliphatic carbocycles. The molecule has 0 spiro atoms. The molecule has 0 atom stereocenters. The number of nitrogens with zero attached hydrogens (tertiary/aromatic N) is 1. The number of Topliss-reactive ketones (excluding diaryl/α,β-unsaturated/α-hetero) is 1. The SMILES string of the molecule is CN1CCC(C(=O)c2ccccc2Cl)CC1. The largest absolute Gasteiger partial charge is 0.306 e. The van der Waals surface area contributed by atoms with E-state index in [1.54, 1.807) is 6.07 Å². The molecular weight excluding hydrogens is 222 g/mol. The molecule has 0 N–H and O–H groups in total. The molecule has 1 aromatic carbocycles. The second kappa shape index (κ2) is 4.98. The van der Waals surface area contributed by atoms with Gasteiger partial charge in [-0.25, -0.2) is 0 Å². The van der Waals surface area contributed by atoms with Crippen LogP contribution >= 0.6 is 11.6 Å². The number of hydrogen-bond donors (Lipinski definition) is 0. The van der Waals surface area contributed by atoms with Crippen LogP contribution in [0, 0.1) is 5.92 Å². The monoisotopic (exact) mass is 237 g/mol. The topological polar surface area (TPSA) is 20.3 Å². The van der Waals surface area contributed by atoms with Crippen LogP contribution in [-0.4, -0.2) is 30.8 Å². The average Bonchev–Trinajstić information content (AvgIpc) is 2.30. The molecule has 2 rings (SSSR count). The number of hydrogen-bond acceptors (Lipinski definition) is 2. The van der Waals surface area contributed by atoms with Crippen LogP contribution in [-0.2, 0) is 0 Å². The molecule has 0 bridgehead atoms. The van der Waals surface area contributed by atoms with Crippen LogP contribution in [0.2, 0.25) is 5.02 Å². The Labute approximate surface area is 101 Å². The van der Waals surface area contributed by atoms with E-state index in [0.717, 1.165) is 25.9 Å². The highest BCUT2D eigenvalue weighted by Crippen LogP contribution is 2.24. The molecule has 1 aliphatic heterocycles. The second-order valence-electron chi connectivity index (χ2n) is 4.42. The molecule has 2 nitrogen and oxygen atoms in total. The lowest BCUT2D eigenvalue weighted by molar-refractivity contribution is 0.0857. The van der Waals surface area contributed by atoms with Crippen molar-refractivity contribution < 1.29 is 4.79 Å². The summed E-state index contributed by atoms with van der Waals surface area (Å²) in [5, 5.41) is 0.575. The van der Waals surface area contributed by atoms with Crippen molar-refractivity contribution in [3.05, 3.63) is 34.9 Å². The zero-order valence-electron chi connectivity index (χ0n) is 9.45. The fourth-order valence-electron chi connectivity index (χ4n) is 2.15. The van der Waals surface area contributed by atoms with Crippen molar-refractivity contribution >= 4 is 17.4 Å². The molecule has 1 aromatic rings. The summed E-state index contributed by atoms with van der Waals surface area (Å²) in [6, 6.07) is 7.33. The van der Waals surface area contributed by atoms with Crippen molar-refractivity contribution in [2.45, 2.75) is 12.8 Å².